The van der Waals surface area contributed by atoms with Crippen molar-refractivity contribution < 1.29 is 4.74 Å². The molecule has 4 heteroatoms. The SMILES string of the molecule is COCCN(CC(C)C)C1(CN)CCSC1C. The summed E-state index contributed by atoms with van der Waals surface area (Å²) in [5.41, 5.74) is 6.30. The zero-order valence-electron chi connectivity index (χ0n) is 11.7. The van der Waals surface area contributed by atoms with E-state index in [1.54, 1.807) is 7.11 Å². The third kappa shape index (κ3) is 3.60. The number of rotatable bonds is 7. The molecule has 3 nitrogen and oxygen atoms in total. The van der Waals surface area contributed by atoms with Gasteiger partial charge >= 0.3 is 0 Å². The molecule has 17 heavy (non-hydrogen) atoms. The molecule has 1 saturated heterocycles. The average molecular weight is 260 g/mol. The van der Waals surface area contributed by atoms with Crippen molar-refractivity contribution in [2.75, 3.05) is 39.1 Å². The lowest BCUT2D eigenvalue weighted by Crippen LogP contribution is -2.59. The second kappa shape index (κ2) is 6.98. The first-order valence-electron chi connectivity index (χ1n) is 6.62. The summed E-state index contributed by atoms with van der Waals surface area (Å²) in [6.45, 7) is 10.5. The van der Waals surface area contributed by atoms with Crippen LogP contribution in [0.1, 0.15) is 27.2 Å². The molecule has 2 atom stereocenters. The van der Waals surface area contributed by atoms with Gasteiger partial charge in [-0.05, 0) is 18.1 Å². The second-order valence-electron chi connectivity index (χ2n) is 5.40. The molecule has 0 amide bonds. The topological polar surface area (TPSA) is 38.5 Å². The van der Waals surface area contributed by atoms with Crippen LogP contribution >= 0.6 is 11.8 Å². The van der Waals surface area contributed by atoms with Gasteiger partial charge in [0.05, 0.1) is 6.61 Å². The fourth-order valence-corrected chi connectivity index (χ4v) is 4.22. The zero-order chi connectivity index (χ0) is 12.9. The molecule has 2 N–H and O–H groups in total. The summed E-state index contributed by atoms with van der Waals surface area (Å²) >= 11 is 2.06. The highest BCUT2D eigenvalue weighted by Crippen LogP contribution is 2.39. The first kappa shape index (κ1) is 15.3. The van der Waals surface area contributed by atoms with Crippen molar-refractivity contribution in [1.82, 2.24) is 4.90 Å². The van der Waals surface area contributed by atoms with Gasteiger partial charge in [-0.25, -0.2) is 0 Å². The number of hydrogen-bond acceptors (Lipinski definition) is 4. The maximum atomic E-state index is 6.11. The smallest absolute Gasteiger partial charge is 0.0589 e. The standard InChI is InChI=1S/C13H28N2OS/c1-11(2)9-15(6-7-16-4)13(10-14)5-8-17-12(13)3/h11-12H,5-10,14H2,1-4H3. The van der Waals surface area contributed by atoms with Crippen molar-refractivity contribution in [1.29, 1.82) is 0 Å². The Morgan fingerprint density at radius 1 is 1.53 bits per heavy atom. The molecule has 0 aromatic heterocycles. The van der Waals surface area contributed by atoms with Crippen LogP contribution in [0, 0.1) is 5.92 Å². The molecule has 1 heterocycles. The molecular weight excluding hydrogens is 232 g/mol. The van der Waals surface area contributed by atoms with E-state index >= 15 is 0 Å². The first-order chi connectivity index (χ1) is 8.06. The average Bonchev–Trinajstić information content (AvgIpc) is 2.66. The minimum absolute atomic E-state index is 0.188. The molecule has 1 aliphatic heterocycles. The Morgan fingerprint density at radius 3 is 2.65 bits per heavy atom. The molecule has 0 aliphatic carbocycles. The van der Waals surface area contributed by atoms with Gasteiger partial charge in [0.2, 0.25) is 0 Å². The maximum Gasteiger partial charge on any atom is 0.0589 e. The van der Waals surface area contributed by atoms with Gasteiger partial charge < -0.3 is 10.5 Å². The fraction of sp³-hybridized carbons (Fsp3) is 1.00. The summed E-state index contributed by atoms with van der Waals surface area (Å²) < 4.78 is 5.25. The number of thioether (sulfide) groups is 1. The minimum Gasteiger partial charge on any atom is -0.383 e. The van der Waals surface area contributed by atoms with E-state index in [-0.39, 0.29) is 5.54 Å². The Bertz CT molecular complexity index is 225. The van der Waals surface area contributed by atoms with Crippen LogP contribution in [0.5, 0.6) is 0 Å². The van der Waals surface area contributed by atoms with Gasteiger partial charge in [0.25, 0.3) is 0 Å². The Morgan fingerprint density at radius 2 is 2.24 bits per heavy atom. The van der Waals surface area contributed by atoms with Crippen molar-refractivity contribution in [3.63, 3.8) is 0 Å². The van der Waals surface area contributed by atoms with E-state index in [1.165, 1.54) is 12.2 Å². The van der Waals surface area contributed by atoms with E-state index in [0.717, 1.165) is 26.2 Å². The lowest BCUT2D eigenvalue weighted by atomic mass is 9.89. The summed E-state index contributed by atoms with van der Waals surface area (Å²) in [4.78, 5) is 2.58. The van der Waals surface area contributed by atoms with Crippen LogP contribution in [-0.2, 0) is 4.74 Å². The van der Waals surface area contributed by atoms with Gasteiger partial charge in [-0.15, -0.1) is 0 Å². The van der Waals surface area contributed by atoms with Crippen LogP contribution in [0.3, 0.4) is 0 Å². The van der Waals surface area contributed by atoms with Crippen molar-refractivity contribution in [2.24, 2.45) is 11.7 Å². The number of hydrogen-bond donors (Lipinski definition) is 1. The van der Waals surface area contributed by atoms with Crippen LogP contribution in [0.4, 0.5) is 0 Å². The van der Waals surface area contributed by atoms with Crippen molar-refractivity contribution in [3.05, 3.63) is 0 Å². The monoisotopic (exact) mass is 260 g/mol. The van der Waals surface area contributed by atoms with Crippen molar-refractivity contribution >= 4 is 11.8 Å². The highest BCUT2D eigenvalue weighted by atomic mass is 32.2. The number of methoxy groups -OCH3 is 1. The van der Waals surface area contributed by atoms with E-state index in [9.17, 15) is 0 Å². The number of nitrogens with zero attached hydrogens (tertiary/aromatic N) is 1. The molecule has 0 spiro atoms. The predicted molar refractivity (Wildman–Crippen MR) is 76.6 cm³/mol. The fourth-order valence-electron chi connectivity index (χ4n) is 2.72. The summed E-state index contributed by atoms with van der Waals surface area (Å²) in [5, 5.41) is 0.628. The normalized spacial score (nSPS) is 29.5. The van der Waals surface area contributed by atoms with Crippen LogP contribution in [0.2, 0.25) is 0 Å². The predicted octanol–water partition coefficient (Wildman–Crippen LogP) is 1.81. The molecule has 0 radical (unpaired) electrons. The molecule has 2 unspecified atom stereocenters. The third-order valence-electron chi connectivity index (χ3n) is 3.79. The molecule has 102 valence electrons. The van der Waals surface area contributed by atoms with Crippen molar-refractivity contribution in [2.45, 2.75) is 38.0 Å². The summed E-state index contributed by atoms with van der Waals surface area (Å²) in [6, 6.07) is 0. The molecule has 0 saturated carbocycles. The van der Waals surface area contributed by atoms with Crippen LogP contribution in [-0.4, -0.2) is 54.8 Å². The second-order valence-corrected chi connectivity index (χ2v) is 6.85. The molecule has 0 aromatic rings. The van der Waals surface area contributed by atoms with Crippen LogP contribution in [0.15, 0.2) is 0 Å². The van der Waals surface area contributed by atoms with Crippen molar-refractivity contribution in [3.8, 4) is 0 Å². The van der Waals surface area contributed by atoms with E-state index in [1.807, 2.05) is 0 Å². The lowest BCUT2D eigenvalue weighted by Gasteiger charge is -2.44. The Labute approximate surface area is 110 Å². The maximum absolute atomic E-state index is 6.11. The van der Waals surface area contributed by atoms with Gasteiger partial charge in [-0.2, -0.15) is 11.8 Å². The molecular formula is C13H28N2OS. The van der Waals surface area contributed by atoms with Crippen LogP contribution < -0.4 is 5.73 Å². The number of nitrogens with two attached hydrogens (primary N) is 1. The zero-order valence-corrected chi connectivity index (χ0v) is 12.6. The molecule has 1 aliphatic rings. The largest absolute Gasteiger partial charge is 0.383 e. The quantitative estimate of drug-likeness (QED) is 0.758. The van der Waals surface area contributed by atoms with E-state index < -0.39 is 0 Å². The minimum atomic E-state index is 0.188. The number of ether oxygens (including phenoxy) is 1. The van der Waals surface area contributed by atoms with Gasteiger partial charge in [0.1, 0.15) is 0 Å². The summed E-state index contributed by atoms with van der Waals surface area (Å²) in [5.74, 6) is 1.91. The highest BCUT2D eigenvalue weighted by Gasteiger charge is 2.44. The first-order valence-corrected chi connectivity index (χ1v) is 7.67. The Hall–Kier alpha value is 0.230. The Balaban J connectivity index is 2.77. The van der Waals surface area contributed by atoms with Gasteiger partial charge in [0, 0.05) is 37.5 Å². The van der Waals surface area contributed by atoms with E-state index in [2.05, 4.69) is 37.4 Å². The van der Waals surface area contributed by atoms with Gasteiger partial charge in [-0.1, -0.05) is 20.8 Å². The molecule has 0 aromatic carbocycles. The Kier molecular flexibility index (Phi) is 6.27. The van der Waals surface area contributed by atoms with E-state index in [4.69, 9.17) is 10.5 Å². The molecule has 0 bridgehead atoms. The van der Waals surface area contributed by atoms with E-state index in [0.29, 0.717) is 11.2 Å². The lowest BCUT2D eigenvalue weighted by molar-refractivity contribution is 0.0525. The summed E-state index contributed by atoms with van der Waals surface area (Å²) in [7, 11) is 1.77. The highest BCUT2D eigenvalue weighted by molar-refractivity contribution is 8.00. The summed E-state index contributed by atoms with van der Waals surface area (Å²) in [6.07, 6.45) is 1.21. The van der Waals surface area contributed by atoms with Crippen LogP contribution in [0.25, 0.3) is 0 Å². The molecule has 1 rings (SSSR count). The van der Waals surface area contributed by atoms with Gasteiger partial charge in [-0.3, -0.25) is 4.90 Å². The third-order valence-corrected chi connectivity index (χ3v) is 5.17. The van der Waals surface area contributed by atoms with Gasteiger partial charge in [0.15, 0.2) is 0 Å². The molecule has 1 fully saturated rings.